The van der Waals surface area contributed by atoms with Crippen molar-refractivity contribution in [1.29, 1.82) is 0 Å². The van der Waals surface area contributed by atoms with Gasteiger partial charge in [0.2, 0.25) is 0 Å². The van der Waals surface area contributed by atoms with Gasteiger partial charge in [-0.3, -0.25) is 14.9 Å². The number of nitrogens with zero attached hydrogens (tertiary/aromatic N) is 4. The molecule has 6 heteroatoms. The summed E-state index contributed by atoms with van der Waals surface area (Å²) in [7, 11) is 1.88. The fourth-order valence-electron chi connectivity index (χ4n) is 4.05. The lowest BCUT2D eigenvalue weighted by atomic mass is 10.0. The van der Waals surface area contributed by atoms with Gasteiger partial charge < -0.3 is 10.2 Å². The molecule has 0 bridgehead atoms. The van der Waals surface area contributed by atoms with Crippen LogP contribution in [-0.2, 0) is 6.42 Å². The third-order valence-corrected chi connectivity index (χ3v) is 5.65. The summed E-state index contributed by atoms with van der Waals surface area (Å²) in [5.74, 6) is 1.01. The number of rotatable bonds is 6. The zero-order valence-electron chi connectivity index (χ0n) is 17.8. The van der Waals surface area contributed by atoms with E-state index in [2.05, 4.69) is 75.3 Å². The third kappa shape index (κ3) is 6.40. The Morgan fingerprint density at radius 3 is 2.48 bits per heavy atom. The van der Waals surface area contributed by atoms with Gasteiger partial charge in [-0.05, 0) is 42.5 Å². The van der Waals surface area contributed by atoms with Gasteiger partial charge in [0.1, 0.15) is 0 Å². The molecule has 0 radical (unpaired) electrons. The summed E-state index contributed by atoms with van der Waals surface area (Å²) in [6, 6.07) is 13.5. The zero-order chi connectivity index (χ0) is 19.8. The van der Waals surface area contributed by atoms with Crippen LogP contribution in [0.15, 0.2) is 53.8 Å². The number of halogens is 1. The molecule has 1 N–H and O–H groups in total. The minimum Gasteiger partial charge on any atom is -0.356 e. The lowest BCUT2D eigenvalue weighted by Gasteiger charge is -2.40. The fourth-order valence-corrected chi connectivity index (χ4v) is 4.05. The van der Waals surface area contributed by atoms with Crippen LogP contribution in [0.25, 0.3) is 0 Å². The molecule has 0 aliphatic carbocycles. The molecule has 1 fully saturated rings. The maximum atomic E-state index is 4.51. The molecule has 0 saturated carbocycles. The Morgan fingerprint density at radius 1 is 1.14 bits per heavy atom. The standard InChI is InChI=1S/C23H33N5.HI/c1-4-22(21-8-6-5-7-9-21)27-14-16-28(17-15-27)23(24-3)26-13-11-20-10-12-25-18-19(20)2;/h5-10,12,18,22H,4,11,13-17H2,1-3H3,(H,24,26);1H. The maximum Gasteiger partial charge on any atom is 0.193 e. The van der Waals surface area contributed by atoms with Gasteiger partial charge in [0, 0.05) is 58.2 Å². The molecule has 1 aromatic carbocycles. The highest BCUT2D eigenvalue weighted by Gasteiger charge is 2.25. The number of aryl methyl sites for hydroxylation is 1. The van der Waals surface area contributed by atoms with E-state index in [4.69, 9.17) is 0 Å². The van der Waals surface area contributed by atoms with Crippen molar-refractivity contribution in [3.05, 3.63) is 65.5 Å². The van der Waals surface area contributed by atoms with Gasteiger partial charge in [0.15, 0.2) is 5.96 Å². The highest BCUT2D eigenvalue weighted by atomic mass is 127. The number of aliphatic imine (C=N–C) groups is 1. The lowest BCUT2D eigenvalue weighted by molar-refractivity contribution is 0.127. The molecule has 0 amide bonds. The molecular weight excluding hydrogens is 473 g/mol. The number of piperazine rings is 1. The van der Waals surface area contributed by atoms with Crippen LogP contribution >= 0.6 is 24.0 Å². The van der Waals surface area contributed by atoms with E-state index in [1.165, 1.54) is 16.7 Å². The molecule has 1 unspecified atom stereocenters. The summed E-state index contributed by atoms with van der Waals surface area (Å²) >= 11 is 0. The molecule has 1 atom stereocenters. The van der Waals surface area contributed by atoms with Gasteiger partial charge in [-0.15, -0.1) is 24.0 Å². The summed E-state index contributed by atoms with van der Waals surface area (Å²) in [4.78, 5) is 13.7. The van der Waals surface area contributed by atoms with Crippen molar-refractivity contribution in [3.63, 3.8) is 0 Å². The minimum absolute atomic E-state index is 0. The van der Waals surface area contributed by atoms with E-state index >= 15 is 0 Å². The van der Waals surface area contributed by atoms with E-state index in [0.717, 1.165) is 51.5 Å². The summed E-state index contributed by atoms with van der Waals surface area (Å²) in [6.45, 7) is 9.45. The van der Waals surface area contributed by atoms with Gasteiger partial charge in [-0.1, -0.05) is 37.3 Å². The molecule has 3 rings (SSSR count). The minimum atomic E-state index is 0. The first kappa shape index (κ1) is 23.6. The monoisotopic (exact) mass is 507 g/mol. The Labute approximate surface area is 192 Å². The number of guanidine groups is 1. The van der Waals surface area contributed by atoms with Crippen LogP contribution in [0, 0.1) is 6.92 Å². The van der Waals surface area contributed by atoms with Crippen LogP contribution in [0.4, 0.5) is 0 Å². The van der Waals surface area contributed by atoms with Gasteiger partial charge in [-0.2, -0.15) is 0 Å². The first-order valence-corrected chi connectivity index (χ1v) is 10.4. The molecular formula is C23H34IN5. The lowest BCUT2D eigenvalue weighted by Crippen LogP contribution is -2.53. The molecule has 5 nitrogen and oxygen atoms in total. The Hall–Kier alpha value is -1.67. The zero-order valence-corrected chi connectivity index (χ0v) is 20.2. The van der Waals surface area contributed by atoms with Crippen LogP contribution in [-0.4, -0.2) is 60.5 Å². The van der Waals surface area contributed by atoms with Crippen molar-refractivity contribution in [1.82, 2.24) is 20.1 Å². The van der Waals surface area contributed by atoms with E-state index in [1.807, 2.05) is 19.4 Å². The molecule has 158 valence electrons. The van der Waals surface area contributed by atoms with Crippen molar-refractivity contribution < 1.29 is 0 Å². The molecule has 2 heterocycles. The topological polar surface area (TPSA) is 43.8 Å². The number of pyridine rings is 1. The number of nitrogens with one attached hydrogen (secondary N) is 1. The molecule has 2 aromatic rings. The molecule has 1 saturated heterocycles. The van der Waals surface area contributed by atoms with E-state index in [0.29, 0.717) is 6.04 Å². The van der Waals surface area contributed by atoms with Crippen LogP contribution in [0.1, 0.15) is 36.1 Å². The van der Waals surface area contributed by atoms with Crippen molar-refractivity contribution >= 4 is 29.9 Å². The van der Waals surface area contributed by atoms with Gasteiger partial charge in [0.25, 0.3) is 0 Å². The quantitative estimate of drug-likeness (QED) is 0.366. The summed E-state index contributed by atoms with van der Waals surface area (Å²) in [5, 5.41) is 3.54. The predicted molar refractivity (Wildman–Crippen MR) is 132 cm³/mol. The number of hydrogen-bond acceptors (Lipinski definition) is 3. The second-order valence-corrected chi connectivity index (χ2v) is 7.38. The van der Waals surface area contributed by atoms with Crippen LogP contribution in [0.5, 0.6) is 0 Å². The SMILES string of the molecule is CCC(c1ccccc1)N1CCN(C(=NC)NCCc2ccncc2C)CC1.I. The summed E-state index contributed by atoms with van der Waals surface area (Å²) in [5.41, 5.74) is 4.02. The Morgan fingerprint density at radius 2 is 1.86 bits per heavy atom. The molecule has 1 aromatic heterocycles. The van der Waals surface area contributed by atoms with Crippen LogP contribution in [0.2, 0.25) is 0 Å². The van der Waals surface area contributed by atoms with E-state index in [9.17, 15) is 0 Å². The van der Waals surface area contributed by atoms with Gasteiger partial charge >= 0.3 is 0 Å². The van der Waals surface area contributed by atoms with Crippen LogP contribution < -0.4 is 5.32 Å². The largest absolute Gasteiger partial charge is 0.356 e. The highest BCUT2D eigenvalue weighted by Crippen LogP contribution is 2.25. The third-order valence-electron chi connectivity index (χ3n) is 5.65. The fraction of sp³-hybridized carbons (Fsp3) is 0.478. The second-order valence-electron chi connectivity index (χ2n) is 7.38. The van der Waals surface area contributed by atoms with Crippen molar-refractivity contribution in [2.24, 2.45) is 4.99 Å². The molecule has 29 heavy (non-hydrogen) atoms. The Kier molecular flexibility index (Phi) is 9.87. The predicted octanol–water partition coefficient (Wildman–Crippen LogP) is 3.89. The van der Waals surface area contributed by atoms with E-state index in [1.54, 1.807) is 0 Å². The molecule has 1 aliphatic rings. The first-order chi connectivity index (χ1) is 13.7. The summed E-state index contributed by atoms with van der Waals surface area (Å²) in [6.07, 6.45) is 5.93. The second kappa shape index (κ2) is 12.1. The highest BCUT2D eigenvalue weighted by molar-refractivity contribution is 14.0. The molecule has 0 spiro atoms. The maximum absolute atomic E-state index is 4.51. The van der Waals surface area contributed by atoms with Gasteiger partial charge in [-0.25, -0.2) is 0 Å². The Bertz CT molecular complexity index is 757. The van der Waals surface area contributed by atoms with Gasteiger partial charge in [0.05, 0.1) is 0 Å². The van der Waals surface area contributed by atoms with Crippen molar-refractivity contribution in [2.45, 2.75) is 32.7 Å². The summed E-state index contributed by atoms with van der Waals surface area (Å²) < 4.78 is 0. The first-order valence-electron chi connectivity index (χ1n) is 10.4. The average Bonchev–Trinajstić information content (AvgIpc) is 2.74. The van der Waals surface area contributed by atoms with Crippen molar-refractivity contribution in [3.8, 4) is 0 Å². The number of benzene rings is 1. The van der Waals surface area contributed by atoms with E-state index < -0.39 is 0 Å². The number of hydrogen-bond donors (Lipinski definition) is 1. The average molecular weight is 507 g/mol. The smallest absolute Gasteiger partial charge is 0.193 e. The number of aromatic nitrogens is 1. The molecule has 1 aliphatic heterocycles. The van der Waals surface area contributed by atoms with Crippen molar-refractivity contribution in [2.75, 3.05) is 39.8 Å². The van der Waals surface area contributed by atoms with Crippen LogP contribution in [0.3, 0.4) is 0 Å². The normalized spacial score (nSPS) is 16.2. The Balaban J connectivity index is 0.00000300. The van der Waals surface area contributed by atoms with E-state index in [-0.39, 0.29) is 24.0 Å².